The second-order valence-corrected chi connectivity index (χ2v) is 6.45. The van der Waals surface area contributed by atoms with Crippen LogP contribution in [0.1, 0.15) is 22.8 Å². The number of carbonyl (C=O) groups is 1. The van der Waals surface area contributed by atoms with E-state index in [9.17, 15) is 4.79 Å². The second kappa shape index (κ2) is 8.83. The summed E-state index contributed by atoms with van der Waals surface area (Å²) in [5.41, 5.74) is 1.91. The molecule has 0 aromatic heterocycles. The first-order valence-electron chi connectivity index (χ1n) is 8.85. The number of hydrogen-bond acceptors (Lipinski definition) is 5. The van der Waals surface area contributed by atoms with Gasteiger partial charge in [0.25, 0.3) is 0 Å². The Balaban J connectivity index is 1.56. The molecule has 0 saturated carbocycles. The lowest BCUT2D eigenvalue weighted by Crippen LogP contribution is -2.44. The third-order valence-electron chi connectivity index (χ3n) is 4.47. The van der Waals surface area contributed by atoms with Gasteiger partial charge in [-0.1, -0.05) is 30.3 Å². The lowest BCUT2D eigenvalue weighted by atomic mass is 10.1. The minimum atomic E-state index is 0.00187. The Labute approximate surface area is 154 Å². The van der Waals surface area contributed by atoms with E-state index in [0.717, 1.165) is 19.6 Å². The van der Waals surface area contributed by atoms with E-state index in [0.29, 0.717) is 30.3 Å². The molecular weight excluding hydrogens is 330 g/mol. The summed E-state index contributed by atoms with van der Waals surface area (Å²) >= 11 is 0. The molecule has 1 saturated heterocycles. The van der Waals surface area contributed by atoms with E-state index in [1.165, 1.54) is 12.5 Å². The van der Waals surface area contributed by atoms with E-state index >= 15 is 0 Å². The van der Waals surface area contributed by atoms with Gasteiger partial charge in [0.15, 0.2) is 17.3 Å². The summed E-state index contributed by atoms with van der Waals surface area (Å²) in [7, 11) is 1.57. The van der Waals surface area contributed by atoms with Crippen molar-refractivity contribution in [1.29, 1.82) is 0 Å². The van der Waals surface area contributed by atoms with E-state index in [-0.39, 0.29) is 11.9 Å². The maximum atomic E-state index is 11.5. The smallest absolute Gasteiger partial charge is 0.161 e. The summed E-state index contributed by atoms with van der Waals surface area (Å²) in [6.45, 7) is 5.33. The summed E-state index contributed by atoms with van der Waals surface area (Å²) in [6.07, 6.45) is 0.00431. The first-order valence-corrected chi connectivity index (χ1v) is 8.85. The van der Waals surface area contributed by atoms with Gasteiger partial charge in [-0.25, -0.2) is 0 Å². The minimum Gasteiger partial charge on any atom is -0.493 e. The van der Waals surface area contributed by atoms with Gasteiger partial charge in [-0.2, -0.15) is 0 Å². The van der Waals surface area contributed by atoms with Crippen molar-refractivity contribution < 1.29 is 19.0 Å². The molecular formula is C21H25NO4. The van der Waals surface area contributed by atoms with Gasteiger partial charge in [0.05, 0.1) is 13.7 Å². The Morgan fingerprint density at radius 2 is 2.00 bits per heavy atom. The van der Waals surface area contributed by atoms with Gasteiger partial charge in [0, 0.05) is 25.2 Å². The van der Waals surface area contributed by atoms with Crippen molar-refractivity contribution in [1.82, 2.24) is 4.90 Å². The highest BCUT2D eigenvalue weighted by atomic mass is 16.5. The van der Waals surface area contributed by atoms with Crippen molar-refractivity contribution in [3.63, 3.8) is 0 Å². The van der Waals surface area contributed by atoms with E-state index in [1.807, 2.05) is 6.07 Å². The van der Waals surface area contributed by atoms with Gasteiger partial charge < -0.3 is 14.2 Å². The number of methoxy groups -OCH3 is 1. The van der Waals surface area contributed by atoms with Gasteiger partial charge in [-0.15, -0.1) is 0 Å². The number of ether oxygens (including phenoxy) is 3. The quantitative estimate of drug-likeness (QED) is 0.714. The molecule has 2 aromatic carbocycles. The molecule has 1 fully saturated rings. The Morgan fingerprint density at radius 3 is 2.73 bits per heavy atom. The summed E-state index contributed by atoms with van der Waals surface area (Å²) in [4.78, 5) is 13.9. The van der Waals surface area contributed by atoms with Gasteiger partial charge in [-0.05, 0) is 30.7 Å². The van der Waals surface area contributed by atoms with Crippen molar-refractivity contribution >= 4 is 5.78 Å². The molecule has 0 aliphatic carbocycles. The van der Waals surface area contributed by atoms with E-state index < -0.39 is 0 Å². The molecule has 3 rings (SSSR count). The number of benzene rings is 2. The standard InChI is InChI=1S/C21H25NO4/c1-16(23)18-8-9-20(21(12-18)24-2)26-15-19-14-22(10-11-25-19)13-17-6-4-3-5-7-17/h3-9,12,19H,10-11,13-15H2,1-2H3. The molecule has 1 atom stereocenters. The molecule has 5 nitrogen and oxygen atoms in total. The number of rotatable bonds is 7. The van der Waals surface area contributed by atoms with Crippen LogP contribution in [0, 0.1) is 0 Å². The highest BCUT2D eigenvalue weighted by Crippen LogP contribution is 2.28. The molecule has 0 radical (unpaired) electrons. The Bertz CT molecular complexity index is 732. The second-order valence-electron chi connectivity index (χ2n) is 6.45. The molecule has 1 aliphatic rings. The Kier molecular flexibility index (Phi) is 6.26. The van der Waals surface area contributed by atoms with Crippen LogP contribution in [0.25, 0.3) is 0 Å². The molecule has 138 valence electrons. The van der Waals surface area contributed by atoms with Crippen LogP contribution in [-0.2, 0) is 11.3 Å². The predicted molar refractivity (Wildman–Crippen MR) is 100.0 cm³/mol. The molecule has 1 aliphatic heterocycles. The summed E-state index contributed by atoms with van der Waals surface area (Å²) in [5, 5.41) is 0. The first kappa shape index (κ1) is 18.4. The predicted octanol–water partition coefficient (Wildman–Crippen LogP) is 3.18. The topological polar surface area (TPSA) is 48.0 Å². The number of morpholine rings is 1. The molecule has 0 N–H and O–H groups in total. The largest absolute Gasteiger partial charge is 0.493 e. The molecule has 26 heavy (non-hydrogen) atoms. The summed E-state index contributed by atoms with van der Waals surface area (Å²) in [6, 6.07) is 15.7. The van der Waals surface area contributed by atoms with Crippen LogP contribution < -0.4 is 9.47 Å². The van der Waals surface area contributed by atoms with Crippen molar-refractivity contribution in [2.75, 3.05) is 33.4 Å². The fourth-order valence-electron chi connectivity index (χ4n) is 3.06. The van der Waals surface area contributed by atoms with Gasteiger partial charge >= 0.3 is 0 Å². The fraction of sp³-hybridized carbons (Fsp3) is 0.381. The third-order valence-corrected chi connectivity index (χ3v) is 4.47. The SMILES string of the molecule is COc1cc(C(C)=O)ccc1OCC1CN(Cc2ccccc2)CCO1. The molecule has 2 aromatic rings. The Hall–Kier alpha value is -2.37. The van der Waals surface area contributed by atoms with Crippen LogP contribution >= 0.6 is 0 Å². The zero-order valence-corrected chi connectivity index (χ0v) is 15.3. The van der Waals surface area contributed by atoms with Crippen LogP contribution in [-0.4, -0.2) is 50.2 Å². The third kappa shape index (κ3) is 4.84. The zero-order chi connectivity index (χ0) is 18.4. The monoisotopic (exact) mass is 355 g/mol. The molecule has 1 unspecified atom stereocenters. The maximum absolute atomic E-state index is 11.5. The zero-order valence-electron chi connectivity index (χ0n) is 15.3. The number of Topliss-reactive ketones (excluding diaryl/α,β-unsaturated/α-hetero) is 1. The van der Waals surface area contributed by atoms with E-state index in [2.05, 4.69) is 29.2 Å². The lowest BCUT2D eigenvalue weighted by molar-refractivity contribution is -0.0506. The summed E-state index contributed by atoms with van der Waals surface area (Å²) < 4.78 is 17.1. The van der Waals surface area contributed by atoms with Crippen LogP contribution in [0.15, 0.2) is 48.5 Å². The normalized spacial score (nSPS) is 17.7. The minimum absolute atomic E-state index is 0.00187. The number of hydrogen-bond donors (Lipinski definition) is 0. The average molecular weight is 355 g/mol. The maximum Gasteiger partial charge on any atom is 0.161 e. The fourth-order valence-corrected chi connectivity index (χ4v) is 3.06. The van der Waals surface area contributed by atoms with Gasteiger partial charge in [-0.3, -0.25) is 9.69 Å². The van der Waals surface area contributed by atoms with E-state index in [1.54, 1.807) is 25.3 Å². The highest BCUT2D eigenvalue weighted by molar-refractivity contribution is 5.94. The lowest BCUT2D eigenvalue weighted by Gasteiger charge is -2.32. The van der Waals surface area contributed by atoms with Crippen molar-refractivity contribution in [3.05, 3.63) is 59.7 Å². The molecule has 1 heterocycles. The van der Waals surface area contributed by atoms with Crippen LogP contribution in [0.2, 0.25) is 0 Å². The molecule has 0 spiro atoms. The van der Waals surface area contributed by atoms with Gasteiger partial charge in [0.1, 0.15) is 12.7 Å². The van der Waals surface area contributed by atoms with Crippen LogP contribution in [0.5, 0.6) is 11.5 Å². The molecule has 0 amide bonds. The van der Waals surface area contributed by atoms with Crippen LogP contribution in [0.4, 0.5) is 0 Å². The number of ketones is 1. The van der Waals surface area contributed by atoms with E-state index in [4.69, 9.17) is 14.2 Å². The summed E-state index contributed by atoms with van der Waals surface area (Å²) in [5.74, 6) is 1.19. The van der Waals surface area contributed by atoms with Crippen LogP contribution in [0.3, 0.4) is 0 Å². The van der Waals surface area contributed by atoms with Crippen molar-refractivity contribution in [3.8, 4) is 11.5 Å². The molecule has 0 bridgehead atoms. The highest BCUT2D eigenvalue weighted by Gasteiger charge is 2.21. The number of nitrogens with zero attached hydrogens (tertiary/aromatic N) is 1. The first-order chi connectivity index (χ1) is 12.7. The Morgan fingerprint density at radius 1 is 1.19 bits per heavy atom. The van der Waals surface area contributed by atoms with Crippen molar-refractivity contribution in [2.24, 2.45) is 0 Å². The van der Waals surface area contributed by atoms with Gasteiger partial charge in [0.2, 0.25) is 0 Å². The molecule has 5 heteroatoms. The number of carbonyl (C=O) groups excluding carboxylic acids is 1. The average Bonchev–Trinajstić information content (AvgIpc) is 2.67. The van der Waals surface area contributed by atoms with Crippen molar-refractivity contribution in [2.45, 2.75) is 19.6 Å².